The summed E-state index contributed by atoms with van der Waals surface area (Å²) in [5.41, 5.74) is 0. The fourth-order valence-electron chi connectivity index (χ4n) is 3.41. The highest BCUT2D eigenvalue weighted by Gasteiger charge is 2.42. The van der Waals surface area contributed by atoms with Gasteiger partial charge in [-0.1, -0.05) is 0 Å². The highest BCUT2D eigenvalue weighted by molar-refractivity contribution is 5.88. The molecule has 1 aliphatic carbocycles. The number of halogens is 4. The third-order valence-corrected chi connectivity index (χ3v) is 4.84. The SMILES string of the molecule is O=C(CN1C(=O)CCCC1CF)C1CCC(C(F)(F)F)CC1. The molecule has 1 aliphatic heterocycles. The van der Waals surface area contributed by atoms with Crippen LogP contribution in [0.4, 0.5) is 17.6 Å². The van der Waals surface area contributed by atoms with Crippen LogP contribution in [0.3, 0.4) is 0 Å². The van der Waals surface area contributed by atoms with Crippen LogP contribution in [-0.2, 0) is 9.59 Å². The second kappa shape index (κ2) is 6.96. The van der Waals surface area contributed by atoms with Gasteiger partial charge in [0.05, 0.1) is 18.5 Å². The van der Waals surface area contributed by atoms with Crippen molar-refractivity contribution in [3.8, 4) is 0 Å². The van der Waals surface area contributed by atoms with Gasteiger partial charge in [0.15, 0.2) is 5.78 Å². The summed E-state index contributed by atoms with van der Waals surface area (Å²) in [6.45, 7) is -0.839. The average Bonchev–Trinajstić information content (AvgIpc) is 2.48. The van der Waals surface area contributed by atoms with E-state index in [0.717, 1.165) is 0 Å². The van der Waals surface area contributed by atoms with E-state index in [2.05, 4.69) is 0 Å². The zero-order valence-electron chi connectivity index (χ0n) is 12.4. The lowest BCUT2D eigenvalue weighted by molar-refractivity contribution is -0.184. The minimum absolute atomic E-state index is 0.0413. The van der Waals surface area contributed by atoms with E-state index >= 15 is 0 Å². The Morgan fingerprint density at radius 3 is 2.32 bits per heavy atom. The molecule has 0 bridgehead atoms. The number of alkyl halides is 4. The van der Waals surface area contributed by atoms with Gasteiger partial charge in [-0.25, -0.2) is 4.39 Å². The molecule has 1 saturated carbocycles. The van der Waals surface area contributed by atoms with Crippen molar-refractivity contribution in [1.29, 1.82) is 0 Å². The molecule has 22 heavy (non-hydrogen) atoms. The minimum atomic E-state index is -4.20. The van der Waals surface area contributed by atoms with Crippen molar-refractivity contribution in [1.82, 2.24) is 4.90 Å². The molecule has 2 rings (SSSR count). The maximum Gasteiger partial charge on any atom is 0.391 e. The maximum atomic E-state index is 12.9. The molecule has 0 aromatic heterocycles. The van der Waals surface area contributed by atoms with Crippen molar-refractivity contribution < 1.29 is 27.2 Å². The number of nitrogens with zero attached hydrogens (tertiary/aromatic N) is 1. The van der Waals surface area contributed by atoms with Crippen molar-refractivity contribution in [2.45, 2.75) is 57.2 Å². The van der Waals surface area contributed by atoms with Gasteiger partial charge in [-0.15, -0.1) is 0 Å². The second-order valence-corrected chi connectivity index (χ2v) is 6.28. The number of hydrogen-bond donors (Lipinski definition) is 0. The van der Waals surface area contributed by atoms with Gasteiger partial charge in [-0.3, -0.25) is 9.59 Å². The molecule has 2 aliphatic rings. The summed E-state index contributed by atoms with van der Waals surface area (Å²) >= 11 is 0. The molecule has 1 amide bonds. The van der Waals surface area contributed by atoms with Crippen LogP contribution in [0.25, 0.3) is 0 Å². The summed E-state index contributed by atoms with van der Waals surface area (Å²) in [4.78, 5) is 25.3. The summed E-state index contributed by atoms with van der Waals surface area (Å²) in [6.07, 6.45) is -2.41. The lowest BCUT2D eigenvalue weighted by atomic mass is 9.79. The van der Waals surface area contributed by atoms with Crippen LogP contribution in [0.15, 0.2) is 0 Å². The number of ketones is 1. The predicted molar refractivity (Wildman–Crippen MR) is 71.8 cm³/mol. The van der Waals surface area contributed by atoms with E-state index in [9.17, 15) is 27.2 Å². The van der Waals surface area contributed by atoms with E-state index in [-0.39, 0.29) is 43.9 Å². The number of hydrogen-bond acceptors (Lipinski definition) is 2. The van der Waals surface area contributed by atoms with E-state index in [4.69, 9.17) is 0 Å². The number of rotatable bonds is 4. The first-order valence-electron chi connectivity index (χ1n) is 7.77. The molecule has 1 heterocycles. The van der Waals surface area contributed by atoms with Crippen LogP contribution in [0.1, 0.15) is 44.9 Å². The Morgan fingerprint density at radius 2 is 1.77 bits per heavy atom. The van der Waals surface area contributed by atoms with E-state index in [1.54, 1.807) is 0 Å². The zero-order valence-corrected chi connectivity index (χ0v) is 12.4. The van der Waals surface area contributed by atoms with Crippen LogP contribution < -0.4 is 0 Å². The average molecular weight is 323 g/mol. The van der Waals surface area contributed by atoms with Gasteiger partial charge in [0.25, 0.3) is 0 Å². The second-order valence-electron chi connectivity index (χ2n) is 6.28. The number of Topliss-reactive ketones (excluding diaryl/α,β-unsaturated/α-hetero) is 1. The Labute approximate surface area is 127 Å². The summed E-state index contributed by atoms with van der Waals surface area (Å²) < 4.78 is 50.8. The molecule has 3 nitrogen and oxygen atoms in total. The highest BCUT2D eigenvalue weighted by Crippen LogP contribution is 2.39. The molecule has 1 unspecified atom stereocenters. The first-order valence-corrected chi connectivity index (χ1v) is 7.77. The van der Waals surface area contributed by atoms with E-state index in [0.29, 0.717) is 19.3 Å². The first-order chi connectivity index (χ1) is 10.3. The van der Waals surface area contributed by atoms with Gasteiger partial charge in [-0.2, -0.15) is 13.2 Å². The van der Waals surface area contributed by atoms with Crippen molar-refractivity contribution in [3.05, 3.63) is 0 Å². The molecule has 1 atom stereocenters. The fraction of sp³-hybridized carbons (Fsp3) is 0.867. The van der Waals surface area contributed by atoms with Crippen molar-refractivity contribution in [3.63, 3.8) is 0 Å². The Balaban J connectivity index is 1.89. The lowest BCUT2D eigenvalue weighted by Crippen LogP contribution is -2.48. The highest BCUT2D eigenvalue weighted by atomic mass is 19.4. The third-order valence-electron chi connectivity index (χ3n) is 4.84. The molecule has 126 valence electrons. The van der Waals surface area contributed by atoms with Gasteiger partial charge in [0.1, 0.15) is 6.67 Å². The molecule has 0 aromatic rings. The normalized spacial score (nSPS) is 30.5. The van der Waals surface area contributed by atoms with Gasteiger partial charge in [0, 0.05) is 12.3 Å². The first kappa shape index (κ1) is 17.2. The van der Waals surface area contributed by atoms with Gasteiger partial charge in [-0.05, 0) is 38.5 Å². The molecule has 0 N–H and O–H groups in total. The Morgan fingerprint density at radius 1 is 1.14 bits per heavy atom. The number of amides is 1. The smallest absolute Gasteiger partial charge is 0.330 e. The standard InChI is InChI=1S/C15H21F4NO2/c16-8-12-2-1-3-14(22)20(12)9-13(21)10-4-6-11(7-5-10)15(17,18)19/h10-12H,1-9H2. The van der Waals surface area contributed by atoms with Crippen LogP contribution in [0.5, 0.6) is 0 Å². The third kappa shape index (κ3) is 3.98. The molecule has 1 saturated heterocycles. The van der Waals surface area contributed by atoms with Crippen LogP contribution in [0, 0.1) is 11.8 Å². The molecule has 0 aromatic carbocycles. The number of carbonyl (C=O) groups is 2. The topological polar surface area (TPSA) is 37.4 Å². The van der Waals surface area contributed by atoms with Gasteiger partial charge in [0.2, 0.25) is 5.91 Å². The van der Waals surface area contributed by atoms with E-state index in [1.807, 2.05) is 0 Å². The summed E-state index contributed by atoms with van der Waals surface area (Å²) in [7, 11) is 0. The lowest BCUT2D eigenvalue weighted by Gasteiger charge is -2.35. The summed E-state index contributed by atoms with van der Waals surface area (Å²) in [5, 5.41) is 0. The van der Waals surface area contributed by atoms with Crippen molar-refractivity contribution in [2.75, 3.05) is 13.2 Å². The molecule has 2 fully saturated rings. The molecule has 0 spiro atoms. The predicted octanol–water partition coefficient (Wildman–Crippen LogP) is 3.27. The Kier molecular flexibility index (Phi) is 5.45. The van der Waals surface area contributed by atoms with Crippen LogP contribution in [0.2, 0.25) is 0 Å². The fourth-order valence-corrected chi connectivity index (χ4v) is 3.41. The molecular weight excluding hydrogens is 302 g/mol. The number of carbonyl (C=O) groups excluding carboxylic acids is 2. The Hall–Kier alpha value is -1.14. The van der Waals surface area contributed by atoms with Crippen LogP contribution >= 0.6 is 0 Å². The number of piperidine rings is 1. The summed E-state index contributed by atoms with van der Waals surface area (Å²) in [5.74, 6) is -2.22. The monoisotopic (exact) mass is 323 g/mol. The maximum absolute atomic E-state index is 12.9. The van der Waals surface area contributed by atoms with Gasteiger partial charge < -0.3 is 4.90 Å². The minimum Gasteiger partial charge on any atom is -0.330 e. The molecule has 7 heteroatoms. The molecule has 0 radical (unpaired) electrons. The van der Waals surface area contributed by atoms with Crippen molar-refractivity contribution >= 4 is 11.7 Å². The zero-order chi connectivity index (χ0) is 16.3. The van der Waals surface area contributed by atoms with Crippen molar-refractivity contribution in [2.24, 2.45) is 11.8 Å². The number of likely N-dealkylation sites (tertiary alicyclic amines) is 1. The van der Waals surface area contributed by atoms with E-state index < -0.39 is 30.7 Å². The Bertz CT molecular complexity index is 416. The van der Waals surface area contributed by atoms with Gasteiger partial charge >= 0.3 is 6.18 Å². The largest absolute Gasteiger partial charge is 0.391 e. The van der Waals surface area contributed by atoms with E-state index in [1.165, 1.54) is 4.90 Å². The summed E-state index contributed by atoms with van der Waals surface area (Å²) in [6, 6.07) is -0.559. The quantitative estimate of drug-likeness (QED) is 0.745. The van der Waals surface area contributed by atoms with Crippen LogP contribution in [-0.4, -0.2) is 42.0 Å². The molecular formula is C15H21F4NO2.